The van der Waals surface area contributed by atoms with Crippen LogP contribution in [0.2, 0.25) is 0 Å². The van der Waals surface area contributed by atoms with Gasteiger partial charge in [-0.3, -0.25) is 0 Å². The predicted octanol–water partition coefficient (Wildman–Crippen LogP) is 2.28. The molecule has 0 amide bonds. The van der Waals surface area contributed by atoms with Gasteiger partial charge in [-0.25, -0.2) is 0 Å². The van der Waals surface area contributed by atoms with E-state index >= 15 is 0 Å². The van der Waals surface area contributed by atoms with Crippen molar-refractivity contribution in [1.29, 1.82) is 0 Å². The van der Waals surface area contributed by atoms with Gasteiger partial charge in [0.05, 0.1) is 6.61 Å². The van der Waals surface area contributed by atoms with Crippen LogP contribution in [0, 0.1) is 0 Å². The molecule has 16 heavy (non-hydrogen) atoms. The molecular weight excluding hydrogens is 204 g/mol. The van der Waals surface area contributed by atoms with Gasteiger partial charge in [-0.2, -0.15) is 0 Å². The van der Waals surface area contributed by atoms with Gasteiger partial charge in [0, 0.05) is 0 Å². The minimum Gasteiger partial charge on any atom is -0.370 e. The Kier molecular flexibility index (Phi) is 2.28. The molecule has 2 heterocycles. The van der Waals surface area contributed by atoms with E-state index in [2.05, 4.69) is 12.1 Å². The van der Waals surface area contributed by atoms with E-state index in [4.69, 9.17) is 14.2 Å². The molecule has 1 aromatic rings. The average Bonchev–Trinajstić information content (AvgIpc) is 3.04. The number of rotatable bonds is 2. The van der Waals surface area contributed by atoms with Gasteiger partial charge in [0.2, 0.25) is 0 Å². The molecule has 3 nitrogen and oxygen atoms in total. The Balaban J connectivity index is 1.87. The minimum absolute atomic E-state index is 0.0105. The van der Waals surface area contributed by atoms with E-state index in [0.717, 1.165) is 12.2 Å². The molecule has 1 aromatic carbocycles. The van der Waals surface area contributed by atoms with Crippen LogP contribution in [0.5, 0.6) is 0 Å². The van der Waals surface area contributed by atoms with E-state index in [-0.39, 0.29) is 18.3 Å². The van der Waals surface area contributed by atoms with Gasteiger partial charge in [0.25, 0.3) is 0 Å². The van der Waals surface area contributed by atoms with Gasteiger partial charge in [-0.15, -0.1) is 0 Å². The Bertz CT molecular complexity index is 370. The topological polar surface area (TPSA) is 31.0 Å². The molecule has 0 radical (unpaired) electrons. The molecule has 0 spiro atoms. The molecule has 3 rings (SSSR count). The van der Waals surface area contributed by atoms with Crippen molar-refractivity contribution in [2.45, 2.75) is 37.9 Å². The normalized spacial score (nSPS) is 36.2. The molecule has 0 aliphatic carbocycles. The summed E-state index contributed by atoms with van der Waals surface area (Å²) >= 11 is 0. The Hall–Kier alpha value is -0.900. The first-order valence-electron chi connectivity index (χ1n) is 5.68. The van der Waals surface area contributed by atoms with Crippen molar-refractivity contribution in [2.24, 2.45) is 0 Å². The highest BCUT2D eigenvalue weighted by molar-refractivity contribution is 5.20. The Morgan fingerprint density at radius 3 is 2.44 bits per heavy atom. The molecule has 0 unspecified atom stereocenters. The molecular formula is C13H16O3. The summed E-state index contributed by atoms with van der Waals surface area (Å²) in [4.78, 5) is 0. The summed E-state index contributed by atoms with van der Waals surface area (Å²) in [6, 6.07) is 10.2. The SMILES string of the molecule is CC1(C)O[C@@H]([C@@H]2CO2)[C@@H](c2ccccc2)O1. The fourth-order valence-electron chi connectivity index (χ4n) is 2.21. The first-order valence-corrected chi connectivity index (χ1v) is 5.68. The number of epoxide rings is 1. The van der Waals surface area contributed by atoms with Crippen LogP contribution >= 0.6 is 0 Å². The van der Waals surface area contributed by atoms with Crippen LogP contribution in [0.25, 0.3) is 0 Å². The lowest BCUT2D eigenvalue weighted by molar-refractivity contribution is -0.148. The third-order valence-corrected chi connectivity index (χ3v) is 2.98. The van der Waals surface area contributed by atoms with Gasteiger partial charge >= 0.3 is 0 Å². The van der Waals surface area contributed by atoms with Gasteiger partial charge in [0.15, 0.2) is 5.79 Å². The van der Waals surface area contributed by atoms with Crippen molar-refractivity contribution >= 4 is 0 Å². The van der Waals surface area contributed by atoms with Gasteiger partial charge in [0.1, 0.15) is 18.3 Å². The van der Waals surface area contributed by atoms with Crippen molar-refractivity contribution < 1.29 is 14.2 Å². The van der Waals surface area contributed by atoms with Crippen LogP contribution in [0.15, 0.2) is 30.3 Å². The molecule has 2 aliphatic rings. The first-order chi connectivity index (χ1) is 7.66. The molecule has 2 aliphatic heterocycles. The van der Waals surface area contributed by atoms with E-state index in [9.17, 15) is 0 Å². The quantitative estimate of drug-likeness (QED) is 0.716. The Labute approximate surface area is 95.3 Å². The van der Waals surface area contributed by atoms with Gasteiger partial charge in [-0.1, -0.05) is 30.3 Å². The number of benzene rings is 1. The van der Waals surface area contributed by atoms with E-state index < -0.39 is 5.79 Å². The maximum atomic E-state index is 5.95. The van der Waals surface area contributed by atoms with Crippen LogP contribution in [0.3, 0.4) is 0 Å². The summed E-state index contributed by atoms with van der Waals surface area (Å²) in [7, 11) is 0. The van der Waals surface area contributed by atoms with E-state index in [1.54, 1.807) is 0 Å². The second kappa shape index (κ2) is 3.55. The monoisotopic (exact) mass is 220 g/mol. The number of ether oxygens (including phenoxy) is 3. The highest BCUT2D eigenvalue weighted by atomic mass is 16.8. The van der Waals surface area contributed by atoms with Crippen molar-refractivity contribution in [3.63, 3.8) is 0 Å². The minimum atomic E-state index is -0.517. The second-order valence-electron chi connectivity index (χ2n) is 4.80. The molecule has 0 saturated carbocycles. The molecule has 3 heteroatoms. The number of hydrogen-bond donors (Lipinski definition) is 0. The van der Waals surface area contributed by atoms with Crippen LogP contribution in [-0.2, 0) is 14.2 Å². The second-order valence-corrected chi connectivity index (χ2v) is 4.80. The summed E-state index contributed by atoms with van der Waals surface area (Å²) in [5.74, 6) is -0.517. The zero-order valence-electron chi connectivity index (χ0n) is 9.55. The molecule has 2 saturated heterocycles. The first kappa shape index (κ1) is 10.3. The third kappa shape index (κ3) is 1.86. The van der Waals surface area contributed by atoms with Gasteiger partial charge in [-0.05, 0) is 19.4 Å². The fourth-order valence-corrected chi connectivity index (χ4v) is 2.21. The summed E-state index contributed by atoms with van der Waals surface area (Å²) < 4.78 is 17.2. The zero-order valence-corrected chi connectivity index (χ0v) is 9.55. The van der Waals surface area contributed by atoms with Crippen molar-refractivity contribution in [1.82, 2.24) is 0 Å². The molecule has 86 valence electrons. The highest BCUT2D eigenvalue weighted by Gasteiger charge is 2.50. The maximum absolute atomic E-state index is 5.95. The third-order valence-electron chi connectivity index (χ3n) is 2.98. The van der Waals surface area contributed by atoms with Crippen LogP contribution in [0.1, 0.15) is 25.5 Å². The zero-order chi connectivity index (χ0) is 11.2. The predicted molar refractivity (Wildman–Crippen MR) is 59.0 cm³/mol. The lowest BCUT2D eigenvalue weighted by Crippen LogP contribution is -2.24. The Morgan fingerprint density at radius 2 is 1.81 bits per heavy atom. The van der Waals surface area contributed by atoms with E-state index in [1.165, 1.54) is 0 Å². The molecule has 0 bridgehead atoms. The molecule has 0 N–H and O–H groups in total. The fraction of sp³-hybridized carbons (Fsp3) is 0.538. The average molecular weight is 220 g/mol. The summed E-state index contributed by atoms with van der Waals surface area (Å²) in [6.07, 6.45) is 0.216. The standard InChI is InChI=1S/C13H16O3/c1-13(2)15-11(9-6-4-3-5-7-9)12(16-13)10-8-14-10/h3-7,10-12H,8H2,1-2H3/t10-,11+,12-/m0/s1. The Morgan fingerprint density at radius 1 is 1.12 bits per heavy atom. The van der Waals surface area contributed by atoms with Crippen LogP contribution in [0.4, 0.5) is 0 Å². The lowest BCUT2D eigenvalue weighted by atomic mass is 10.0. The van der Waals surface area contributed by atoms with Crippen molar-refractivity contribution in [2.75, 3.05) is 6.61 Å². The van der Waals surface area contributed by atoms with Crippen LogP contribution < -0.4 is 0 Å². The molecule has 0 aromatic heterocycles. The van der Waals surface area contributed by atoms with Crippen molar-refractivity contribution in [3.05, 3.63) is 35.9 Å². The number of hydrogen-bond acceptors (Lipinski definition) is 3. The van der Waals surface area contributed by atoms with Gasteiger partial charge < -0.3 is 14.2 Å². The maximum Gasteiger partial charge on any atom is 0.164 e. The lowest BCUT2D eigenvalue weighted by Gasteiger charge is -2.16. The van der Waals surface area contributed by atoms with Crippen LogP contribution in [-0.4, -0.2) is 24.6 Å². The molecule has 3 atom stereocenters. The highest BCUT2D eigenvalue weighted by Crippen LogP contribution is 2.42. The van der Waals surface area contributed by atoms with E-state index in [1.807, 2.05) is 32.0 Å². The van der Waals surface area contributed by atoms with Crippen molar-refractivity contribution in [3.8, 4) is 0 Å². The van der Waals surface area contributed by atoms with E-state index in [0.29, 0.717) is 0 Å². The summed E-state index contributed by atoms with van der Waals surface area (Å²) in [5.41, 5.74) is 1.16. The summed E-state index contributed by atoms with van der Waals surface area (Å²) in [6.45, 7) is 4.68. The largest absolute Gasteiger partial charge is 0.370 e. The smallest absolute Gasteiger partial charge is 0.164 e. The summed E-state index contributed by atoms with van der Waals surface area (Å²) in [5, 5.41) is 0. The molecule has 2 fully saturated rings.